The smallest absolute Gasteiger partial charge is 0.276 e. The van der Waals surface area contributed by atoms with Gasteiger partial charge in [0, 0.05) is 0 Å². The molecule has 162 valence electrons. The predicted molar refractivity (Wildman–Crippen MR) is 118 cm³/mol. The number of amides is 2. The third kappa shape index (κ3) is 7.10. The highest BCUT2D eigenvalue weighted by molar-refractivity contribution is 5.83. The minimum absolute atomic E-state index is 0.0159. The van der Waals surface area contributed by atoms with E-state index in [4.69, 9.17) is 9.47 Å². The van der Waals surface area contributed by atoms with Crippen LogP contribution in [0.15, 0.2) is 48.5 Å². The number of hydrazine groups is 1. The highest BCUT2D eigenvalue weighted by Crippen LogP contribution is 2.35. The number of carbonyl (C=O) groups excluding carboxylic acids is 2. The Hall–Kier alpha value is -3.02. The average Bonchev–Trinajstić information content (AvgIpc) is 2.68. The monoisotopic (exact) mass is 412 g/mol. The van der Waals surface area contributed by atoms with Crippen molar-refractivity contribution < 1.29 is 19.1 Å². The molecule has 0 bridgehead atoms. The molecule has 0 radical (unpaired) electrons. The molecule has 6 heteroatoms. The van der Waals surface area contributed by atoms with E-state index in [-0.39, 0.29) is 24.0 Å². The number of para-hydroxylation sites is 1. The van der Waals surface area contributed by atoms with Crippen LogP contribution in [0.25, 0.3) is 0 Å². The molecule has 2 rings (SSSR count). The summed E-state index contributed by atoms with van der Waals surface area (Å²) in [5, 5.41) is 0. The minimum atomic E-state index is -0.461. The standard InChI is InChI=1S/C24H32N2O4/c1-23(2,3)17-12-13-20(19(14-17)24(4,5)6)30-16-22(28)26-25-21(27)15-29-18-10-8-7-9-11-18/h7-14H,15-16H2,1-6H3,(H,25,27)(H,26,28). The summed E-state index contributed by atoms with van der Waals surface area (Å²) in [6.07, 6.45) is 0. The average molecular weight is 413 g/mol. The van der Waals surface area contributed by atoms with Gasteiger partial charge in [0.25, 0.3) is 11.8 Å². The van der Waals surface area contributed by atoms with E-state index < -0.39 is 11.8 Å². The fraction of sp³-hybridized carbons (Fsp3) is 0.417. The molecule has 6 nitrogen and oxygen atoms in total. The van der Waals surface area contributed by atoms with Crippen molar-refractivity contribution in [3.05, 3.63) is 59.7 Å². The van der Waals surface area contributed by atoms with Gasteiger partial charge in [-0.3, -0.25) is 20.4 Å². The van der Waals surface area contributed by atoms with Crippen LogP contribution < -0.4 is 20.3 Å². The van der Waals surface area contributed by atoms with Gasteiger partial charge < -0.3 is 9.47 Å². The van der Waals surface area contributed by atoms with E-state index in [1.165, 1.54) is 5.56 Å². The van der Waals surface area contributed by atoms with Crippen LogP contribution in [0.4, 0.5) is 0 Å². The van der Waals surface area contributed by atoms with Gasteiger partial charge in [0.1, 0.15) is 11.5 Å². The zero-order chi connectivity index (χ0) is 22.4. The molecule has 0 aliphatic rings. The van der Waals surface area contributed by atoms with Gasteiger partial charge in [-0.2, -0.15) is 0 Å². The number of rotatable bonds is 6. The van der Waals surface area contributed by atoms with Crippen molar-refractivity contribution in [2.75, 3.05) is 13.2 Å². The lowest BCUT2D eigenvalue weighted by Crippen LogP contribution is -2.45. The molecule has 0 aromatic heterocycles. The van der Waals surface area contributed by atoms with Gasteiger partial charge in [0.05, 0.1) is 0 Å². The normalized spacial score (nSPS) is 11.5. The van der Waals surface area contributed by atoms with Crippen LogP contribution in [-0.2, 0) is 20.4 Å². The number of hydrogen-bond acceptors (Lipinski definition) is 4. The van der Waals surface area contributed by atoms with Crippen LogP contribution in [0.2, 0.25) is 0 Å². The first-order valence-electron chi connectivity index (χ1n) is 10.00. The van der Waals surface area contributed by atoms with E-state index in [0.29, 0.717) is 11.5 Å². The number of carbonyl (C=O) groups is 2. The summed E-state index contributed by atoms with van der Waals surface area (Å²) < 4.78 is 11.1. The summed E-state index contributed by atoms with van der Waals surface area (Å²) in [5.74, 6) is 0.319. The van der Waals surface area contributed by atoms with Crippen LogP contribution in [0.3, 0.4) is 0 Å². The molecule has 0 saturated carbocycles. The maximum Gasteiger partial charge on any atom is 0.276 e. The van der Waals surface area contributed by atoms with E-state index in [2.05, 4.69) is 58.5 Å². The summed E-state index contributed by atoms with van der Waals surface area (Å²) in [5.41, 5.74) is 6.77. The third-order valence-corrected chi connectivity index (χ3v) is 4.47. The Morgan fingerprint density at radius 2 is 1.33 bits per heavy atom. The van der Waals surface area contributed by atoms with Crippen LogP contribution in [-0.4, -0.2) is 25.0 Å². The molecule has 30 heavy (non-hydrogen) atoms. The van der Waals surface area contributed by atoms with Crippen molar-refractivity contribution in [2.24, 2.45) is 0 Å². The SMILES string of the molecule is CC(C)(C)c1ccc(OCC(=O)NNC(=O)COc2ccccc2)c(C(C)(C)C)c1. The van der Waals surface area contributed by atoms with Crippen LogP contribution in [0, 0.1) is 0 Å². The molecule has 0 unspecified atom stereocenters. The van der Waals surface area contributed by atoms with Crippen molar-refractivity contribution in [2.45, 2.75) is 52.4 Å². The molecule has 0 saturated heterocycles. The Bertz CT molecular complexity index is 865. The largest absolute Gasteiger partial charge is 0.484 e. The van der Waals surface area contributed by atoms with E-state index in [9.17, 15) is 9.59 Å². The second-order valence-electron chi connectivity index (χ2n) is 9.20. The lowest BCUT2D eigenvalue weighted by atomic mass is 9.80. The molecule has 0 aliphatic heterocycles. The topological polar surface area (TPSA) is 76.7 Å². The number of hydrogen-bond donors (Lipinski definition) is 2. The van der Waals surface area contributed by atoms with Gasteiger partial charge in [-0.25, -0.2) is 0 Å². The molecule has 2 aromatic carbocycles. The van der Waals surface area contributed by atoms with Gasteiger partial charge in [-0.1, -0.05) is 71.9 Å². The summed E-state index contributed by atoms with van der Waals surface area (Å²) in [6.45, 7) is 12.4. The Morgan fingerprint density at radius 3 is 1.87 bits per heavy atom. The van der Waals surface area contributed by atoms with Crippen LogP contribution in [0.1, 0.15) is 52.7 Å². The van der Waals surface area contributed by atoms with Crippen molar-refractivity contribution in [3.63, 3.8) is 0 Å². The van der Waals surface area contributed by atoms with Crippen molar-refractivity contribution in [3.8, 4) is 11.5 Å². The third-order valence-electron chi connectivity index (χ3n) is 4.47. The van der Waals surface area contributed by atoms with Crippen molar-refractivity contribution in [1.82, 2.24) is 10.9 Å². The van der Waals surface area contributed by atoms with Gasteiger partial charge >= 0.3 is 0 Å². The Balaban J connectivity index is 1.88. The molecule has 0 spiro atoms. The highest BCUT2D eigenvalue weighted by Gasteiger charge is 2.23. The maximum absolute atomic E-state index is 12.1. The fourth-order valence-electron chi connectivity index (χ4n) is 2.73. The predicted octanol–water partition coefficient (Wildman–Crippen LogP) is 3.89. The molecule has 2 amide bonds. The first-order chi connectivity index (χ1) is 14.0. The molecular weight excluding hydrogens is 380 g/mol. The van der Waals surface area contributed by atoms with Gasteiger partial charge in [0.15, 0.2) is 13.2 Å². The van der Waals surface area contributed by atoms with Crippen molar-refractivity contribution in [1.29, 1.82) is 0 Å². The Labute approximate surface area is 178 Å². The number of nitrogens with one attached hydrogen (secondary N) is 2. The molecule has 0 aliphatic carbocycles. The number of ether oxygens (including phenoxy) is 2. The van der Waals surface area contributed by atoms with Crippen molar-refractivity contribution >= 4 is 11.8 Å². The molecule has 2 N–H and O–H groups in total. The van der Waals surface area contributed by atoms with Gasteiger partial charge in [0.2, 0.25) is 0 Å². The second kappa shape index (κ2) is 9.65. The van der Waals surface area contributed by atoms with E-state index in [1.807, 2.05) is 30.3 Å². The van der Waals surface area contributed by atoms with Crippen LogP contribution in [0.5, 0.6) is 11.5 Å². The summed E-state index contributed by atoms with van der Waals surface area (Å²) in [6, 6.07) is 15.0. The van der Waals surface area contributed by atoms with E-state index >= 15 is 0 Å². The summed E-state index contributed by atoms with van der Waals surface area (Å²) >= 11 is 0. The number of benzene rings is 2. The fourth-order valence-corrected chi connectivity index (χ4v) is 2.73. The molecular formula is C24H32N2O4. The van der Waals surface area contributed by atoms with E-state index in [1.54, 1.807) is 12.1 Å². The first kappa shape index (κ1) is 23.3. The Morgan fingerprint density at radius 1 is 0.767 bits per heavy atom. The van der Waals surface area contributed by atoms with Gasteiger partial charge in [-0.15, -0.1) is 0 Å². The molecule has 0 heterocycles. The quantitative estimate of drug-likeness (QED) is 0.706. The second-order valence-corrected chi connectivity index (χ2v) is 9.20. The Kier molecular flexibility index (Phi) is 7.48. The summed E-state index contributed by atoms with van der Waals surface area (Å²) in [4.78, 5) is 23.9. The zero-order valence-corrected chi connectivity index (χ0v) is 18.7. The lowest BCUT2D eigenvalue weighted by molar-refractivity contribution is -0.131. The lowest BCUT2D eigenvalue weighted by Gasteiger charge is -2.27. The first-order valence-corrected chi connectivity index (χ1v) is 10.00. The van der Waals surface area contributed by atoms with Gasteiger partial charge in [-0.05, 0) is 40.2 Å². The molecule has 0 fully saturated rings. The summed E-state index contributed by atoms with van der Waals surface area (Å²) in [7, 11) is 0. The molecule has 0 atom stereocenters. The maximum atomic E-state index is 12.1. The van der Waals surface area contributed by atoms with Crippen LogP contribution >= 0.6 is 0 Å². The minimum Gasteiger partial charge on any atom is -0.484 e. The van der Waals surface area contributed by atoms with E-state index in [0.717, 1.165) is 5.56 Å². The zero-order valence-electron chi connectivity index (χ0n) is 18.7. The molecule has 2 aromatic rings. The highest BCUT2D eigenvalue weighted by atomic mass is 16.5.